The van der Waals surface area contributed by atoms with Gasteiger partial charge in [0.1, 0.15) is 6.07 Å². The summed E-state index contributed by atoms with van der Waals surface area (Å²) in [5.41, 5.74) is 0.988. The summed E-state index contributed by atoms with van der Waals surface area (Å²) in [4.78, 5) is 34.4. The predicted molar refractivity (Wildman–Crippen MR) is 89.5 cm³/mol. The van der Waals surface area contributed by atoms with Crippen molar-refractivity contribution in [3.63, 3.8) is 0 Å². The van der Waals surface area contributed by atoms with E-state index in [0.29, 0.717) is 23.6 Å². The van der Waals surface area contributed by atoms with Crippen LogP contribution in [0.15, 0.2) is 24.3 Å². The van der Waals surface area contributed by atoms with Gasteiger partial charge in [0.05, 0.1) is 24.3 Å². The molecule has 1 aromatic carbocycles. The molecule has 0 aliphatic heterocycles. The lowest BCUT2D eigenvalue weighted by Crippen LogP contribution is -2.15. The summed E-state index contributed by atoms with van der Waals surface area (Å²) in [5, 5.41) is 11.0. The summed E-state index contributed by atoms with van der Waals surface area (Å²) < 4.78 is 9.46. The molecule has 0 heterocycles. The molecule has 1 N–H and O–H groups in total. The first-order valence-corrected chi connectivity index (χ1v) is 8.39. The molecule has 7 nitrogen and oxygen atoms in total. The number of amides is 1. The summed E-state index contributed by atoms with van der Waals surface area (Å²) in [6.45, 7) is 1.78. The number of ether oxygens (including phenoxy) is 2. The second-order valence-corrected chi connectivity index (χ2v) is 5.57. The number of nitriles is 1. The number of anilines is 1. The van der Waals surface area contributed by atoms with Crippen LogP contribution in [0.4, 0.5) is 5.69 Å². The van der Waals surface area contributed by atoms with Gasteiger partial charge in [-0.2, -0.15) is 17.0 Å². The van der Waals surface area contributed by atoms with E-state index in [9.17, 15) is 14.4 Å². The van der Waals surface area contributed by atoms with Gasteiger partial charge in [-0.25, -0.2) is 4.79 Å². The van der Waals surface area contributed by atoms with E-state index in [1.165, 1.54) is 11.8 Å². The zero-order valence-corrected chi connectivity index (χ0v) is 14.1. The highest BCUT2D eigenvalue weighted by Crippen LogP contribution is 2.12. The van der Waals surface area contributed by atoms with Gasteiger partial charge in [0.15, 0.2) is 6.61 Å². The molecule has 0 aliphatic carbocycles. The third kappa shape index (κ3) is 7.65. The molecule has 1 rings (SSSR count). The van der Waals surface area contributed by atoms with Crippen LogP contribution in [0.2, 0.25) is 0 Å². The molecule has 0 aliphatic rings. The Morgan fingerprint density at radius 3 is 2.54 bits per heavy atom. The second kappa shape index (κ2) is 11.1. The molecule has 0 bridgehead atoms. The van der Waals surface area contributed by atoms with Crippen LogP contribution in [-0.4, -0.2) is 42.6 Å². The van der Waals surface area contributed by atoms with Crippen molar-refractivity contribution in [3.05, 3.63) is 29.8 Å². The van der Waals surface area contributed by atoms with Crippen molar-refractivity contribution in [2.45, 2.75) is 13.3 Å². The summed E-state index contributed by atoms with van der Waals surface area (Å²) in [6.07, 6.45) is 0.147. The van der Waals surface area contributed by atoms with Gasteiger partial charge in [0.2, 0.25) is 5.91 Å². The molecule has 0 saturated heterocycles. The van der Waals surface area contributed by atoms with Crippen molar-refractivity contribution in [2.75, 3.05) is 30.0 Å². The van der Waals surface area contributed by atoms with Gasteiger partial charge >= 0.3 is 11.9 Å². The van der Waals surface area contributed by atoms with Crippen LogP contribution in [0.3, 0.4) is 0 Å². The second-order valence-electron chi connectivity index (χ2n) is 4.47. The minimum atomic E-state index is -0.459. The molecule has 0 radical (unpaired) electrons. The van der Waals surface area contributed by atoms with E-state index in [2.05, 4.69) is 10.1 Å². The van der Waals surface area contributed by atoms with Crippen molar-refractivity contribution in [3.8, 4) is 6.07 Å². The highest BCUT2D eigenvalue weighted by Gasteiger charge is 2.08. The molecule has 0 spiro atoms. The first-order valence-electron chi connectivity index (χ1n) is 7.24. The molecule has 0 saturated carbocycles. The van der Waals surface area contributed by atoms with Gasteiger partial charge in [0.25, 0.3) is 0 Å². The van der Waals surface area contributed by atoms with E-state index in [1.54, 1.807) is 37.3 Å². The zero-order valence-electron chi connectivity index (χ0n) is 13.2. The van der Waals surface area contributed by atoms with Crippen molar-refractivity contribution >= 4 is 35.3 Å². The van der Waals surface area contributed by atoms with Crippen molar-refractivity contribution in [1.82, 2.24) is 0 Å². The topological polar surface area (TPSA) is 105 Å². The Bertz CT molecular complexity index is 610. The molecular formula is C16H18N2O5S. The van der Waals surface area contributed by atoms with Gasteiger partial charge in [-0.15, -0.1) is 0 Å². The maximum atomic E-state index is 11.8. The minimum Gasteiger partial charge on any atom is -0.462 e. The first-order chi connectivity index (χ1) is 11.6. The molecule has 1 aromatic rings. The maximum Gasteiger partial charge on any atom is 0.338 e. The van der Waals surface area contributed by atoms with Crippen LogP contribution in [0.5, 0.6) is 0 Å². The van der Waals surface area contributed by atoms with E-state index in [0.717, 1.165) is 0 Å². The van der Waals surface area contributed by atoms with Crippen LogP contribution in [0.1, 0.15) is 23.7 Å². The summed E-state index contributed by atoms with van der Waals surface area (Å²) >= 11 is 1.29. The lowest BCUT2D eigenvalue weighted by molar-refractivity contribution is -0.141. The lowest BCUT2D eigenvalue weighted by atomic mass is 10.2. The predicted octanol–water partition coefficient (Wildman–Crippen LogP) is 1.99. The van der Waals surface area contributed by atoms with E-state index < -0.39 is 11.9 Å². The van der Waals surface area contributed by atoms with Gasteiger partial charge in [-0.1, -0.05) is 0 Å². The molecule has 0 fully saturated rings. The van der Waals surface area contributed by atoms with Gasteiger partial charge < -0.3 is 14.8 Å². The Balaban J connectivity index is 2.29. The summed E-state index contributed by atoms with van der Waals surface area (Å²) in [7, 11) is 0. The third-order valence-corrected chi connectivity index (χ3v) is 3.62. The Morgan fingerprint density at radius 1 is 1.21 bits per heavy atom. The summed E-state index contributed by atoms with van der Waals surface area (Å²) in [6, 6.07) is 8.10. The average molecular weight is 350 g/mol. The zero-order chi connectivity index (χ0) is 17.8. The number of benzene rings is 1. The quantitative estimate of drug-likeness (QED) is 0.536. The van der Waals surface area contributed by atoms with Crippen LogP contribution in [0.25, 0.3) is 0 Å². The molecule has 0 atom stereocenters. The molecule has 1 amide bonds. The van der Waals surface area contributed by atoms with E-state index in [1.807, 2.05) is 0 Å². The Kier molecular flexibility index (Phi) is 9.01. The van der Waals surface area contributed by atoms with E-state index in [4.69, 9.17) is 10.00 Å². The fourth-order valence-electron chi connectivity index (χ4n) is 1.61. The number of rotatable bonds is 9. The molecule has 128 valence electrons. The number of hydrogen-bond acceptors (Lipinski definition) is 7. The van der Waals surface area contributed by atoms with Gasteiger partial charge in [-0.05, 0) is 31.2 Å². The van der Waals surface area contributed by atoms with Crippen molar-refractivity contribution in [2.24, 2.45) is 0 Å². The SMILES string of the molecule is CCOC(=O)c1ccc(NC(=O)CSCCC(=O)OCC#N)cc1. The average Bonchev–Trinajstić information content (AvgIpc) is 2.57. The largest absolute Gasteiger partial charge is 0.462 e. The van der Waals surface area contributed by atoms with Crippen molar-refractivity contribution in [1.29, 1.82) is 5.26 Å². The molecule has 8 heteroatoms. The van der Waals surface area contributed by atoms with Gasteiger partial charge in [-0.3, -0.25) is 9.59 Å². The molecule has 24 heavy (non-hydrogen) atoms. The highest BCUT2D eigenvalue weighted by molar-refractivity contribution is 7.99. The Morgan fingerprint density at radius 2 is 1.92 bits per heavy atom. The van der Waals surface area contributed by atoms with E-state index in [-0.39, 0.29) is 24.7 Å². The normalized spacial score (nSPS) is 9.67. The number of nitrogens with one attached hydrogen (secondary N) is 1. The molecule has 0 unspecified atom stereocenters. The number of esters is 2. The first kappa shape index (κ1) is 19.5. The monoisotopic (exact) mass is 350 g/mol. The van der Waals surface area contributed by atoms with Crippen LogP contribution >= 0.6 is 11.8 Å². The number of carbonyl (C=O) groups is 3. The Hall–Kier alpha value is -2.53. The molecule has 0 aromatic heterocycles. The van der Waals surface area contributed by atoms with Gasteiger partial charge in [0, 0.05) is 11.4 Å². The Labute approximate surface area is 144 Å². The van der Waals surface area contributed by atoms with Crippen molar-refractivity contribution < 1.29 is 23.9 Å². The lowest BCUT2D eigenvalue weighted by Gasteiger charge is -2.06. The third-order valence-electron chi connectivity index (χ3n) is 2.66. The van der Waals surface area contributed by atoms with Crippen LogP contribution in [-0.2, 0) is 19.1 Å². The number of nitrogens with zero attached hydrogens (tertiary/aromatic N) is 1. The standard InChI is InChI=1S/C16H18N2O5S/c1-2-22-16(21)12-3-5-13(6-4-12)18-14(19)11-24-10-7-15(20)23-9-8-17/h3-6H,2,7,9-11H2,1H3,(H,18,19). The summed E-state index contributed by atoms with van der Waals surface area (Å²) in [5.74, 6) is -0.465. The highest BCUT2D eigenvalue weighted by atomic mass is 32.2. The van der Waals surface area contributed by atoms with E-state index >= 15 is 0 Å². The number of carbonyl (C=O) groups excluding carboxylic acids is 3. The molecular weight excluding hydrogens is 332 g/mol. The van der Waals surface area contributed by atoms with Crippen LogP contribution in [0, 0.1) is 11.3 Å². The number of thioether (sulfide) groups is 1. The fourth-order valence-corrected chi connectivity index (χ4v) is 2.32. The maximum absolute atomic E-state index is 11.8. The van der Waals surface area contributed by atoms with Crippen LogP contribution < -0.4 is 5.32 Å². The minimum absolute atomic E-state index is 0.147. The fraction of sp³-hybridized carbons (Fsp3) is 0.375. The number of hydrogen-bond donors (Lipinski definition) is 1. The smallest absolute Gasteiger partial charge is 0.338 e.